The molecular weight excluding hydrogens is 384 g/mol. The predicted molar refractivity (Wildman–Crippen MR) is 102 cm³/mol. The highest BCUT2D eigenvalue weighted by Gasteiger charge is 2.18. The van der Waals surface area contributed by atoms with Crippen LogP contribution >= 0.6 is 0 Å². The molecule has 0 aliphatic carbocycles. The van der Waals surface area contributed by atoms with Gasteiger partial charge in [-0.3, -0.25) is 4.79 Å². The van der Waals surface area contributed by atoms with E-state index in [1.807, 2.05) is 6.92 Å². The molecule has 2 atom stereocenters. The summed E-state index contributed by atoms with van der Waals surface area (Å²) in [7, 11) is -3.65. The number of rotatable bonds is 9. The van der Waals surface area contributed by atoms with Gasteiger partial charge in [0.25, 0.3) is 5.91 Å². The molecule has 0 saturated carbocycles. The van der Waals surface area contributed by atoms with Gasteiger partial charge in [-0.2, -0.15) is 0 Å². The maximum absolute atomic E-state index is 12.2. The minimum atomic E-state index is -3.65. The van der Waals surface area contributed by atoms with Crippen molar-refractivity contribution in [3.8, 4) is 0 Å². The summed E-state index contributed by atoms with van der Waals surface area (Å²) in [5, 5.41) is 2.64. The van der Waals surface area contributed by atoms with Crippen LogP contribution in [0.3, 0.4) is 0 Å². The summed E-state index contributed by atoms with van der Waals surface area (Å²) in [5.74, 6) is -0.615. The maximum Gasteiger partial charge on any atom is 0.338 e. The van der Waals surface area contributed by atoms with Crippen LogP contribution in [0, 0.1) is 0 Å². The Morgan fingerprint density at radius 3 is 2.39 bits per heavy atom. The van der Waals surface area contributed by atoms with E-state index >= 15 is 0 Å². The highest BCUT2D eigenvalue weighted by atomic mass is 32.2. The van der Waals surface area contributed by atoms with Crippen molar-refractivity contribution in [2.75, 3.05) is 6.61 Å². The van der Waals surface area contributed by atoms with Crippen molar-refractivity contribution in [2.45, 2.75) is 44.2 Å². The number of benzene rings is 1. The van der Waals surface area contributed by atoms with E-state index in [2.05, 4.69) is 10.0 Å². The fourth-order valence-electron chi connectivity index (χ4n) is 2.29. The second-order valence-electron chi connectivity index (χ2n) is 6.34. The van der Waals surface area contributed by atoms with E-state index in [0.717, 1.165) is 0 Å². The van der Waals surface area contributed by atoms with Gasteiger partial charge < -0.3 is 14.5 Å². The third-order valence-corrected chi connectivity index (χ3v) is 5.66. The Labute approximate surface area is 164 Å². The Morgan fingerprint density at radius 2 is 1.82 bits per heavy atom. The minimum Gasteiger partial charge on any atom is -0.467 e. The lowest BCUT2D eigenvalue weighted by atomic mass is 10.2. The number of ether oxygens (including phenoxy) is 1. The first kappa shape index (κ1) is 21.6. The summed E-state index contributed by atoms with van der Waals surface area (Å²) in [6, 6.07) is 8.21. The number of furan rings is 1. The molecule has 1 heterocycles. The van der Waals surface area contributed by atoms with Gasteiger partial charge in [-0.15, -0.1) is 0 Å². The summed E-state index contributed by atoms with van der Waals surface area (Å²) in [4.78, 5) is 24.0. The first-order valence-electron chi connectivity index (χ1n) is 8.85. The fraction of sp³-hybridized carbons (Fsp3) is 0.368. The van der Waals surface area contributed by atoms with E-state index in [4.69, 9.17) is 9.15 Å². The molecular formula is C19H24N2O6S. The van der Waals surface area contributed by atoms with Crippen molar-refractivity contribution in [3.63, 3.8) is 0 Å². The Hall–Kier alpha value is -2.65. The average molecular weight is 408 g/mol. The Morgan fingerprint density at radius 1 is 1.14 bits per heavy atom. The van der Waals surface area contributed by atoms with Crippen LogP contribution in [0.25, 0.3) is 0 Å². The molecule has 2 N–H and O–H groups in total. The average Bonchev–Trinajstić information content (AvgIpc) is 3.20. The predicted octanol–water partition coefficient (Wildman–Crippen LogP) is 2.39. The van der Waals surface area contributed by atoms with Crippen LogP contribution in [-0.4, -0.2) is 32.9 Å². The van der Waals surface area contributed by atoms with Crippen molar-refractivity contribution < 1.29 is 27.2 Å². The minimum absolute atomic E-state index is 0.0503. The van der Waals surface area contributed by atoms with Gasteiger partial charge in [0.15, 0.2) is 6.61 Å². The highest BCUT2D eigenvalue weighted by Crippen LogP contribution is 2.13. The Bertz CT molecular complexity index is 891. The molecule has 0 bridgehead atoms. The molecule has 1 amide bonds. The smallest absolute Gasteiger partial charge is 0.338 e. The molecule has 2 aromatic rings. The summed E-state index contributed by atoms with van der Waals surface area (Å²) in [6.07, 6.45) is 2.16. The second-order valence-corrected chi connectivity index (χ2v) is 8.05. The Kier molecular flexibility index (Phi) is 7.36. The van der Waals surface area contributed by atoms with E-state index in [1.165, 1.54) is 30.5 Å². The van der Waals surface area contributed by atoms with E-state index in [-0.39, 0.29) is 22.5 Å². The molecule has 2 rings (SSSR count). The molecule has 1 aromatic carbocycles. The van der Waals surface area contributed by atoms with E-state index in [1.54, 1.807) is 26.0 Å². The van der Waals surface area contributed by atoms with Crippen LogP contribution in [0.2, 0.25) is 0 Å². The molecule has 8 nitrogen and oxygen atoms in total. The zero-order valence-electron chi connectivity index (χ0n) is 16.0. The highest BCUT2D eigenvalue weighted by molar-refractivity contribution is 7.89. The third kappa shape index (κ3) is 5.93. The largest absolute Gasteiger partial charge is 0.467 e. The van der Waals surface area contributed by atoms with E-state index in [0.29, 0.717) is 12.2 Å². The third-order valence-electron chi connectivity index (χ3n) is 4.05. The first-order chi connectivity index (χ1) is 13.2. The normalized spacial score (nSPS) is 13.5. The van der Waals surface area contributed by atoms with Gasteiger partial charge >= 0.3 is 5.97 Å². The molecule has 1 aromatic heterocycles. The zero-order chi connectivity index (χ0) is 20.7. The Balaban J connectivity index is 1.89. The molecule has 0 aliphatic rings. The number of sulfonamides is 1. The van der Waals surface area contributed by atoms with Gasteiger partial charge in [0.05, 0.1) is 22.8 Å². The number of carbonyl (C=O) groups is 2. The molecule has 28 heavy (non-hydrogen) atoms. The summed E-state index contributed by atoms with van der Waals surface area (Å²) in [6.45, 7) is 4.92. The van der Waals surface area contributed by atoms with Crippen molar-refractivity contribution in [1.82, 2.24) is 10.0 Å². The monoisotopic (exact) mass is 408 g/mol. The lowest BCUT2D eigenvalue weighted by Crippen LogP contribution is -2.32. The van der Waals surface area contributed by atoms with Crippen LogP contribution in [0.1, 0.15) is 49.4 Å². The van der Waals surface area contributed by atoms with Crippen molar-refractivity contribution in [1.29, 1.82) is 0 Å². The van der Waals surface area contributed by atoms with Gasteiger partial charge in [-0.05, 0) is 56.7 Å². The second kappa shape index (κ2) is 9.52. The number of hydrogen-bond acceptors (Lipinski definition) is 6. The van der Waals surface area contributed by atoms with Gasteiger partial charge in [-0.25, -0.2) is 17.9 Å². The first-order valence-corrected chi connectivity index (χ1v) is 10.3. The summed E-state index contributed by atoms with van der Waals surface area (Å²) in [5.41, 5.74) is 0.148. The molecule has 0 aliphatic heterocycles. The zero-order valence-corrected chi connectivity index (χ0v) is 16.8. The fourth-order valence-corrected chi connectivity index (χ4v) is 3.62. The van der Waals surface area contributed by atoms with Gasteiger partial charge in [-0.1, -0.05) is 6.92 Å². The lowest BCUT2D eigenvalue weighted by molar-refractivity contribution is -0.125. The van der Waals surface area contributed by atoms with Crippen LogP contribution in [0.5, 0.6) is 0 Å². The van der Waals surface area contributed by atoms with Crippen molar-refractivity contribution in [2.24, 2.45) is 0 Å². The van der Waals surface area contributed by atoms with Crippen LogP contribution < -0.4 is 10.0 Å². The molecule has 0 saturated heterocycles. The topological polar surface area (TPSA) is 115 Å². The van der Waals surface area contributed by atoms with E-state index in [9.17, 15) is 18.0 Å². The summed E-state index contributed by atoms with van der Waals surface area (Å²) < 4.78 is 37.1. The van der Waals surface area contributed by atoms with Crippen molar-refractivity contribution >= 4 is 21.9 Å². The lowest BCUT2D eigenvalue weighted by Gasteiger charge is -2.13. The summed E-state index contributed by atoms with van der Waals surface area (Å²) >= 11 is 0. The molecule has 0 unspecified atom stereocenters. The number of amides is 1. The van der Waals surface area contributed by atoms with Crippen LogP contribution in [-0.2, 0) is 19.6 Å². The molecule has 0 fully saturated rings. The van der Waals surface area contributed by atoms with Gasteiger partial charge in [0.1, 0.15) is 5.76 Å². The van der Waals surface area contributed by atoms with E-state index < -0.39 is 28.5 Å². The quantitative estimate of drug-likeness (QED) is 0.616. The number of esters is 1. The van der Waals surface area contributed by atoms with Crippen molar-refractivity contribution in [3.05, 3.63) is 54.0 Å². The van der Waals surface area contributed by atoms with Crippen LogP contribution in [0.15, 0.2) is 52.0 Å². The standard InChI is InChI=1S/C19H24N2O6S/c1-4-13(2)21-28(24,25)16-9-7-15(8-10-16)19(23)27-12-18(22)20-14(3)17-6-5-11-26-17/h5-11,13-14,21H,4,12H2,1-3H3,(H,20,22)/t13-,14-/m1/s1. The maximum atomic E-state index is 12.2. The van der Waals surface area contributed by atoms with Gasteiger partial charge in [0, 0.05) is 6.04 Å². The number of carbonyl (C=O) groups excluding carboxylic acids is 2. The van der Waals surface area contributed by atoms with Crippen LogP contribution in [0.4, 0.5) is 0 Å². The molecule has 0 radical (unpaired) electrons. The SMILES string of the molecule is CC[C@@H](C)NS(=O)(=O)c1ccc(C(=O)OCC(=O)N[C@H](C)c2ccco2)cc1. The molecule has 152 valence electrons. The number of nitrogens with one attached hydrogen (secondary N) is 2. The molecule has 9 heteroatoms. The molecule has 0 spiro atoms. The van der Waals surface area contributed by atoms with Gasteiger partial charge in [0.2, 0.25) is 10.0 Å². The number of hydrogen-bond donors (Lipinski definition) is 2.